The number of nitrogens with one attached hydrogen (secondary N) is 1. The largest absolute Gasteiger partial charge is 0.366 e. The molecule has 3 aliphatic heterocycles. The molecule has 1 unspecified atom stereocenters. The van der Waals surface area contributed by atoms with Gasteiger partial charge in [-0.3, -0.25) is 34.3 Å². The summed E-state index contributed by atoms with van der Waals surface area (Å²) in [6, 6.07) is 5.72. The third kappa shape index (κ3) is 3.92. The van der Waals surface area contributed by atoms with Gasteiger partial charge in [-0.05, 0) is 30.2 Å². The first kappa shape index (κ1) is 22.4. The Morgan fingerprint density at radius 3 is 2.50 bits per heavy atom. The first-order valence-electron chi connectivity index (χ1n) is 11.0. The van der Waals surface area contributed by atoms with Crippen LogP contribution in [0.25, 0.3) is 0 Å². The van der Waals surface area contributed by atoms with Gasteiger partial charge in [-0.25, -0.2) is 9.37 Å². The third-order valence-corrected chi connectivity index (χ3v) is 6.71. The van der Waals surface area contributed by atoms with Crippen LogP contribution in [0.1, 0.15) is 39.1 Å². The normalized spacial score (nSPS) is 21.2. The molecule has 1 N–H and O–H groups in total. The van der Waals surface area contributed by atoms with Gasteiger partial charge in [-0.1, -0.05) is 17.7 Å². The van der Waals surface area contributed by atoms with E-state index in [4.69, 9.17) is 11.6 Å². The number of pyridine rings is 1. The molecule has 11 heteroatoms. The lowest BCUT2D eigenvalue weighted by atomic mass is 10.0. The fourth-order valence-corrected chi connectivity index (χ4v) is 4.83. The highest BCUT2D eigenvalue weighted by molar-refractivity contribution is 6.29. The second-order valence-electron chi connectivity index (χ2n) is 8.53. The van der Waals surface area contributed by atoms with Gasteiger partial charge in [-0.15, -0.1) is 0 Å². The van der Waals surface area contributed by atoms with E-state index in [-0.39, 0.29) is 29.1 Å². The number of hydrogen-bond acceptors (Lipinski definition) is 7. The summed E-state index contributed by atoms with van der Waals surface area (Å²) < 4.78 is 14.3. The molecule has 0 spiro atoms. The Kier molecular flexibility index (Phi) is 5.78. The van der Waals surface area contributed by atoms with Crippen molar-refractivity contribution >= 4 is 40.9 Å². The van der Waals surface area contributed by atoms with Gasteiger partial charge in [0.25, 0.3) is 11.8 Å². The predicted molar refractivity (Wildman–Crippen MR) is 120 cm³/mol. The zero-order valence-corrected chi connectivity index (χ0v) is 18.8. The number of imide groups is 2. The lowest BCUT2D eigenvalue weighted by Gasteiger charge is -2.36. The number of rotatable bonds is 4. The number of aromatic nitrogens is 1. The van der Waals surface area contributed by atoms with Crippen molar-refractivity contribution in [3.63, 3.8) is 0 Å². The van der Waals surface area contributed by atoms with Gasteiger partial charge in [0.15, 0.2) is 11.0 Å². The fourth-order valence-electron chi connectivity index (χ4n) is 4.67. The van der Waals surface area contributed by atoms with Crippen molar-refractivity contribution in [1.29, 1.82) is 0 Å². The van der Waals surface area contributed by atoms with Gasteiger partial charge in [0.2, 0.25) is 11.8 Å². The SMILES string of the molecule is O=C1CCC(N2C(=O)c3ccc(CN4CCN(c5ccnc(Cl)c5F)CC4)cc3C2=O)C(=O)N1. The van der Waals surface area contributed by atoms with E-state index in [1.807, 2.05) is 4.90 Å². The molecule has 0 radical (unpaired) electrons. The van der Waals surface area contributed by atoms with E-state index in [0.717, 1.165) is 10.5 Å². The molecule has 0 aliphatic carbocycles. The minimum Gasteiger partial charge on any atom is -0.366 e. The Bertz CT molecular complexity index is 1210. The fraction of sp³-hybridized carbons (Fsp3) is 0.348. The Morgan fingerprint density at radius 2 is 1.76 bits per heavy atom. The van der Waals surface area contributed by atoms with Crippen molar-refractivity contribution in [2.45, 2.75) is 25.4 Å². The number of nitrogens with zero attached hydrogens (tertiary/aromatic N) is 4. The Morgan fingerprint density at radius 1 is 1.03 bits per heavy atom. The van der Waals surface area contributed by atoms with Crippen molar-refractivity contribution in [3.8, 4) is 0 Å². The van der Waals surface area contributed by atoms with E-state index in [1.54, 1.807) is 24.3 Å². The molecule has 2 fully saturated rings. The van der Waals surface area contributed by atoms with Crippen LogP contribution in [0.3, 0.4) is 0 Å². The Labute approximate surface area is 199 Å². The number of piperazine rings is 1. The van der Waals surface area contributed by atoms with Crippen LogP contribution in [-0.4, -0.2) is 70.6 Å². The van der Waals surface area contributed by atoms with Crippen molar-refractivity contribution in [3.05, 3.63) is 58.1 Å². The first-order valence-corrected chi connectivity index (χ1v) is 11.3. The van der Waals surface area contributed by atoms with Crippen LogP contribution in [0.5, 0.6) is 0 Å². The lowest BCUT2D eigenvalue weighted by Crippen LogP contribution is -2.54. The van der Waals surface area contributed by atoms with Gasteiger partial charge < -0.3 is 4.90 Å². The number of benzene rings is 1. The summed E-state index contributed by atoms with van der Waals surface area (Å²) in [7, 11) is 0. The van der Waals surface area contributed by atoms with Gasteiger partial charge in [0.1, 0.15) is 6.04 Å². The molecule has 2 saturated heterocycles. The lowest BCUT2D eigenvalue weighted by molar-refractivity contribution is -0.136. The van der Waals surface area contributed by atoms with E-state index in [0.29, 0.717) is 38.4 Å². The maximum atomic E-state index is 14.3. The van der Waals surface area contributed by atoms with Crippen molar-refractivity contribution in [1.82, 2.24) is 20.1 Å². The summed E-state index contributed by atoms with van der Waals surface area (Å²) in [4.78, 5) is 58.3. The highest BCUT2D eigenvalue weighted by Crippen LogP contribution is 2.29. The number of hydrogen-bond donors (Lipinski definition) is 1. The topological polar surface area (TPSA) is 103 Å². The predicted octanol–water partition coefficient (Wildman–Crippen LogP) is 1.60. The Balaban J connectivity index is 1.26. The van der Waals surface area contributed by atoms with Gasteiger partial charge in [0.05, 0.1) is 16.8 Å². The molecule has 5 rings (SSSR count). The molecule has 4 heterocycles. The van der Waals surface area contributed by atoms with Crippen molar-refractivity contribution in [2.75, 3.05) is 31.1 Å². The molecule has 1 aromatic carbocycles. The number of carbonyl (C=O) groups is 4. The van der Waals surface area contributed by atoms with Crippen LogP contribution in [0, 0.1) is 5.82 Å². The highest BCUT2D eigenvalue weighted by Gasteiger charge is 2.44. The molecule has 1 atom stereocenters. The van der Waals surface area contributed by atoms with E-state index < -0.39 is 35.5 Å². The molecule has 0 bridgehead atoms. The molecular formula is C23H21ClFN5O4. The zero-order valence-electron chi connectivity index (χ0n) is 18.1. The number of amides is 4. The summed E-state index contributed by atoms with van der Waals surface area (Å²) >= 11 is 5.80. The monoisotopic (exact) mass is 485 g/mol. The smallest absolute Gasteiger partial charge is 0.262 e. The van der Waals surface area contributed by atoms with Crippen LogP contribution in [0.4, 0.5) is 10.1 Å². The van der Waals surface area contributed by atoms with E-state index in [9.17, 15) is 23.6 Å². The molecular weight excluding hydrogens is 465 g/mol. The summed E-state index contributed by atoms with van der Waals surface area (Å²) in [6.07, 6.45) is 1.68. The minimum atomic E-state index is -0.983. The minimum absolute atomic E-state index is 0.0800. The molecule has 9 nitrogen and oxygen atoms in total. The molecule has 1 aromatic heterocycles. The summed E-state index contributed by atoms with van der Waals surface area (Å²) in [5.41, 5.74) is 1.80. The summed E-state index contributed by atoms with van der Waals surface area (Å²) in [5.74, 6) is -2.61. The maximum Gasteiger partial charge on any atom is 0.262 e. The van der Waals surface area contributed by atoms with Gasteiger partial charge in [0, 0.05) is 45.3 Å². The molecule has 176 valence electrons. The van der Waals surface area contributed by atoms with E-state index in [1.165, 1.54) is 6.20 Å². The highest BCUT2D eigenvalue weighted by atomic mass is 35.5. The Hall–Kier alpha value is -3.37. The second-order valence-corrected chi connectivity index (χ2v) is 8.88. The van der Waals surface area contributed by atoms with E-state index >= 15 is 0 Å². The number of fused-ring (bicyclic) bond motifs is 1. The molecule has 0 saturated carbocycles. The number of anilines is 1. The standard InChI is InChI=1S/C23H21ClFN5O4/c24-20-19(25)16(5-6-26-20)29-9-7-28(8-10-29)12-13-1-2-14-15(11-13)23(34)30(22(14)33)17-3-4-18(31)27-21(17)32/h1-2,5-6,11,17H,3-4,7-10,12H2,(H,27,31,32). The molecule has 2 aromatic rings. The van der Waals surface area contributed by atoms with Crippen molar-refractivity contribution in [2.24, 2.45) is 0 Å². The van der Waals surface area contributed by atoms with Crippen molar-refractivity contribution < 1.29 is 23.6 Å². The molecule has 34 heavy (non-hydrogen) atoms. The third-order valence-electron chi connectivity index (χ3n) is 6.45. The van der Waals surface area contributed by atoms with Crippen LogP contribution >= 0.6 is 11.6 Å². The van der Waals surface area contributed by atoms with Gasteiger partial charge in [-0.2, -0.15) is 0 Å². The van der Waals surface area contributed by atoms with E-state index in [2.05, 4.69) is 15.2 Å². The summed E-state index contributed by atoms with van der Waals surface area (Å²) in [5, 5.41) is 2.04. The molecule has 4 amide bonds. The summed E-state index contributed by atoms with van der Waals surface area (Å²) in [6.45, 7) is 3.10. The number of halogens is 2. The zero-order chi connectivity index (χ0) is 24.0. The first-order chi connectivity index (χ1) is 16.3. The maximum absolute atomic E-state index is 14.3. The van der Waals surface area contributed by atoms with Crippen LogP contribution in [0.15, 0.2) is 30.5 Å². The quantitative estimate of drug-likeness (QED) is 0.518. The van der Waals surface area contributed by atoms with Crippen LogP contribution in [0.2, 0.25) is 5.15 Å². The average molecular weight is 486 g/mol. The van der Waals surface area contributed by atoms with Crippen LogP contribution in [-0.2, 0) is 16.1 Å². The average Bonchev–Trinajstić information content (AvgIpc) is 3.06. The number of carbonyl (C=O) groups excluding carboxylic acids is 4. The number of piperidine rings is 1. The second kappa shape index (κ2) is 8.77. The van der Waals surface area contributed by atoms with Gasteiger partial charge >= 0.3 is 0 Å². The van der Waals surface area contributed by atoms with Crippen LogP contribution < -0.4 is 10.2 Å². The molecule has 3 aliphatic rings.